The largest absolute Gasteiger partial charge is 0.496 e. The third-order valence-corrected chi connectivity index (χ3v) is 3.45. The van der Waals surface area contributed by atoms with Crippen LogP contribution in [0.15, 0.2) is 18.2 Å². The highest BCUT2D eigenvalue weighted by molar-refractivity contribution is 5.43. The molecule has 0 aromatic heterocycles. The average Bonchev–Trinajstić information content (AvgIpc) is 2.81. The highest BCUT2D eigenvalue weighted by atomic mass is 16.6. The van der Waals surface area contributed by atoms with Gasteiger partial charge in [-0.15, -0.1) is 0 Å². The van der Waals surface area contributed by atoms with Gasteiger partial charge in [-0.1, -0.05) is 0 Å². The van der Waals surface area contributed by atoms with Gasteiger partial charge in [0.15, 0.2) is 0 Å². The summed E-state index contributed by atoms with van der Waals surface area (Å²) in [5.41, 5.74) is 0.924. The lowest BCUT2D eigenvalue weighted by molar-refractivity contribution is -0.384. The molecule has 1 N–H and O–H groups in total. The first-order valence-electron chi connectivity index (χ1n) is 6.33. The Morgan fingerprint density at radius 3 is 2.95 bits per heavy atom. The minimum atomic E-state index is -0.383. The monoisotopic (exact) mass is 265 g/mol. The van der Waals surface area contributed by atoms with E-state index in [-0.39, 0.29) is 10.6 Å². The number of hydrogen-bond acceptors (Lipinski definition) is 5. The third kappa shape index (κ3) is 3.42. The molecule has 1 aromatic rings. The summed E-state index contributed by atoms with van der Waals surface area (Å²) in [6.07, 6.45) is 1.10. The summed E-state index contributed by atoms with van der Waals surface area (Å²) >= 11 is 0. The van der Waals surface area contributed by atoms with Gasteiger partial charge in [-0.3, -0.25) is 10.1 Å². The standard InChI is InChI=1S/C13H19N3O3/c1-15-6-5-11(9-15)14-8-10-7-12(16(17)18)3-4-13(10)19-2/h3-4,7,11,14H,5-6,8-9H2,1-2H3. The second-order valence-electron chi connectivity index (χ2n) is 4.88. The number of non-ortho nitro benzene ring substituents is 1. The van der Waals surface area contributed by atoms with Gasteiger partial charge >= 0.3 is 0 Å². The van der Waals surface area contributed by atoms with Crippen LogP contribution in [0, 0.1) is 10.1 Å². The first kappa shape index (κ1) is 13.8. The molecule has 0 amide bonds. The first-order valence-corrected chi connectivity index (χ1v) is 6.33. The van der Waals surface area contributed by atoms with Crippen LogP contribution >= 0.6 is 0 Å². The molecule has 1 aliphatic heterocycles. The molecule has 6 nitrogen and oxygen atoms in total. The number of hydrogen-bond donors (Lipinski definition) is 1. The van der Waals surface area contributed by atoms with Gasteiger partial charge in [0.25, 0.3) is 5.69 Å². The van der Waals surface area contributed by atoms with E-state index >= 15 is 0 Å². The van der Waals surface area contributed by atoms with Crippen LogP contribution in [-0.4, -0.2) is 43.1 Å². The SMILES string of the molecule is COc1ccc([N+](=O)[O-])cc1CNC1CCN(C)C1. The van der Waals surface area contributed by atoms with Crippen LogP contribution in [0.5, 0.6) is 5.75 Å². The van der Waals surface area contributed by atoms with Crippen molar-refractivity contribution >= 4 is 5.69 Å². The predicted octanol–water partition coefficient (Wildman–Crippen LogP) is 1.40. The number of rotatable bonds is 5. The lowest BCUT2D eigenvalue weighted by atomic mass is 10.1. The Morgan fingerprint density at radius 2 is 2.37 bits per heavy atom. The van der Waals surface area contributed by atoms with Crippen LogP contribution in [0.2, 0.25) is 0 Å². The van der Waals surface area contributed by atoms with Crippen LogP contribution in [0.25, 0.3) is 0 Å². The first-order chi connectivity index (χ1) is 9.10. The summed E-state index contributed by atoms with van der Waals surface area (Å²) in [5, 5.41) is 14.2. The van der Waals surface area contributed by atoms with E-state index in [1.54, 1.807) is 19.2 Å². The fraction of sp³-hybridized carbons (Fsp3) is 0.538. The molecular weight excluding hydrogens is 246 g/mol. The zero-order valence-electron chi connectivity index (χ0n) is 11.3. The van der Waals surface area contributed by atoms with Crippen molar-refractivity contribution in [3.8, 4) is 5.75 Å². The van der Waals surface area contributed by atoms with Gasteiger partial charge in [-0.2, -0.15) is 0 Å². The second kappa shape index (κ2) is 5.99. The normalized spacial score (nSPS) is 19.6. The molecule has 1 heterocycles. The van der Waals surface area contributed by atoms with Crippen LogP contribution in [0.4, 0.5) is 5.69 Å². The number of nitrogens with one attached hydrogen (secondary N) is 1. The van der Waals surface area contributed by atoms with Gasteiger partial charge in [-0.25, -0.2) is 0 Å². The number of likely N-dealkylation sites (tertiary alicyclic amines) is 1. The molecular formula is C13H19N3O3. The summed E-state index contributed by atoms with van der Waals surface area (Å²) in [6, 6.07) is 5.13. The summed E-state index contributed by atoms with van der Waals surface area (Å²) in [4.78, 5) is 12.7. The maximum Gasteiger partial charge on any atom is 0.270 e. The van der Waals surface area contributed by atoms with E-state index in [0.717, 1.165) is 25.1 Å². The number of nitro groups is 1. The molecule has 6 heteroatoms. The molecule has 0 bridgehead atoms. The van der Waals surface area contributed by atoms with Gasteiger partial charge in [0.05, 0.1) is 12.0 Å². The van der Waals surface area contributed by atoms with E-state index in [9.17, 15) is 10.1 Å². The van der Waals surface area contributed by atoms with Crippen molar-refractivity contribution < 1.29 is 9.66 Å². The van der Waals surface area contributed by atoms with Crippen molar-refractivity contribution in [1.29, 1.82) is 0 Å². The zero-order valence-corrected chi connectivity index (χ0v) is 11.3. The smallest absolute Gasteiger partial charge is 0.270 e. The van der Waals surface area contributed by atoms with Crippen molar-refractivity contribution in [2.24, 2.45) is 0 Å². The Bertz CT molecular complexity index is 464. The maximum atomic E-state index is 10.8. The molecule has 2 rings (SSSR count). The van der Waals surface area contributed by atoms with Crippen molar-refractivity contribution in [2.75, 3.05) is 27.2 Å². The highest BCUT2D eigenvalue weighted by Crippen LogP contribution is 2.24. The van der Waals surface area contributed by atoms with Gasteiger partial charge in [0.1, 0.15) is 5.75 Å². The number of methoxy groups -OCH3 is 1. The van der Waals surface area contributed by atoms with E-state index in [2.05, 4.69) is 17.3 Å². The summed E-state index contributed by atoms with van der Waals surface area (Å²) < 4.78 is 5.24. The Kier molecular flexibility index (Phi) is 4.34. The van der Waals surface area contributed by atoms with Crippen molar-refractivity contribution in [3.63, 3.8) is 0 Å². The lowest BCUT2D eigenvalue weighted by Crippen LogP contribution is -2.31. The van der Waals surface area contributed by atoms with Crippen LogP contribution in [0.3, 0.4) is 0 Å². The highest BCUT2D eigenvalue weighted by Gasteiger charge is 2.19. The molecule has 1 unspecified atom stereocenters. The van der Waals surface area contributed by atoms with E-state index in [1.807, 2.05) is 0 Å². The van der Waals surface area contributed by atoms with Crippen molar-refractivity contribution in [2.45, 2.75) is 19.0 Å². The quantitative estimate of drug-likeness (QED) is 0.644. The molecule has 1 fully saturated rings. The second-order valence-corrected chi connectivity index (χ2v) is 4.88. The van der Waals surface area contributed by atoms with Crippen molar-refractivity contribution in [3.05, 3.63) is 33.9 Å². The molecule has 1 saturated heterocycles. The lowest BCUT2D eigenvalue weighted by Gasteiger charge is -2.14. The molecule has 0 aliphatic carbocycles. The molecule has 1 aromatic carbocycles. The van der Waals surface area contributed by atoms with Crippen LogP contribution < -0.4 is 10.1 Å². The molecule has 0 spiro atoms. The number of ether oxygens (including phenoxy) is 1. The fourth-order valence-electron chi connectivity index (χ4n) is 2.37. The fourth-order valence-corrected chi connectivity index (χ4v) is 2.37. The van der Waals surface area contributed by atoms with E-state index in [4.69, 9.17) is 4.74 Å². The molecule has 1 atom stereocenters. The van der Waals surface area contributed by atoms with Gasteiger partial charge in [-0.05, 0) is 26.1 Å². The topological polar surface area (TPSA) is 67.6 Å². The van der Waals surface area contributed by atoms with Gasteiger partial charge in [0, 0.05) is 36.8 Å². The Labute approximate surface area is 112 Å². The average molecular weight is 265 g/mol. The molecule has 19 heavy (non-hydrogen) atoms. The minimum Gasteiger partial charge on any atom is -0.496 e. The third-order valence-electron chi connectivity index (χ3n) is 3.45. The van der Waals surface area contributed by atoms with Gasteiger partial charge < -0.3 is 15.0 Å². The zero-order chi connectivity index (χ0) is 13.8. The Balaban J connectivity index is 2.05. The van der Waals surface area contributed by atoms with Crippen LogP contribution in [-0.2, 0) is 6.54 Å². The minimum absolute atomic E-state index is 0.0983. The number of nitrogens with zero attached hydrogens (tertiary/aromatic N) is 2. The predicted molar refractivity (Wildman–Crippen MR) is 72.4 cm³/mol. The Hall–Kier alpha value is -1.66. The molecule has 1 aliphatic rings. The number of benzene rings is 1. The van der Waals surface area contributed by atoms with E-state index in [1.165, 1.54) is 6.07 Å². The van der Waals surface area contributed by atoms with Crippen LogP contribution in [0.1, 0.15) is 12.0 Å². The van der Waals surface area contributed by atoms with Gasteiger partial charge in [0.2, 0.25) is 0 Å². The summed E-state index contributed by atoms with van der Waals surface area (Å²) in [6.45, 7) is 2.68. The number of nitro benzene ring substituents is 1. The Morgan fingerprint density at radius 1 is 1.58 bits per heavy atom. The molecule has 0 radical (unpaired) electrons. The summed E-state index contributed by atoms with van der Waals surface area (Å²) in [7, 11) is 3.67. The number of likely N-dealkylation sites (N-methyl/N-ethyl adjacent to an activating group) is 1. The van der Waals surface area contributed by atoms with E-state index in [0.29, 0.717) is 18.3 Å². The summed E-state index contributed by atoms with van der Waals surface area (Å²) in [5.74, 6) is 0.685. The molecule has 104 valence electrons. The molecule has 0 saturated carbocycles. The van der Waals surface area contributed by atoms with E-state index < -0.39 is 0 Å². The maximum absolute atomic E-state index is 10.8. The van der Waals surface area contributed by atoms with Crippen molar-refractivity contribution in [1.82, 2.24) is 10.2 Å².